The predicted octanol–water partition coefficient (Wildman–Crippen LogP) is 4.87. The van der Waals surface area contributed by atoms with Gasteiger partial charge in [0.05, 0.1) is 10.6 Å². The highest BCUT2D eigenvalue weighted by molar-refractivity contribution is 7.92. The van der Waals surface area contributed by atoms with Gasteiger partial charge in [-0.2, -0.15) is 0 Å². The summed E-state index contributed by atoms with van der Waals surface area (Å²) in [6.07, 6.45) is 0.470. The molecule has 0 saturated heterocycles. The van der Waals surface area contributed by atoms with Crippen LogP contribution in [-0.2, 0) is 16.4 Å². The molecule has 1 aliphatic heterocycles. The normalized spacial score (nSPS) is 15.7. The molecule has 0 spiro atoms. The molecule has 0 fully saturated rings. The van der Waals surface area contributed by atoms with E-state index in [4.69, 9.17) is 11.6 Å². The van der Waals surface area contributed by atoms with E-state index in [1.165, 1.54) is 16.4 Å². The number of carbonyl (C=O) groups excluding carboxylic acids is 1. The summed E-state index contributed by atoms with van der Waals surface area (Å²) >= 11 is 5.86. The van der Waals surface area contributed by atoms with Crippen LogP contribution < -0.4 is 9.62 Å². The Morgan fingerprint density at radius 2 is 1.73 bits per heavy atom. The Hall–Kier alpha value is -2.90. The van der Waals surface area contributed by atoms with Crippen molar-refractivity contribution < 1.29 is 17.6 Å². The molecule has 1 N–H and O–H groups in total. The van der Waals surface area contributed by atoms with Crippen LogP contribution in [0.5, 0.6) is 0 Å². The van der Waals surface area contributed by atoms with E-state index in [1.54, 1.807) is 49.4 Å². The van der Waals surface area contributed by atoms with Crippen molar-refractivity contribution in [1.29, 1.82) is 0 Å². The van der Waals surface area contributed by atoms with Crippen LogP contribution in [0.1, 0.15) is 22.8 Å². The first-order chi connectivity index (χ1) is 14.3. The van der Waals surface area contributed by atoms with Gasteiger partial charge in [-0.05, 0) is 85.6 Å². The van der Waals surface area contributed by atoms with Crippen molar-refractivity contribution in [1.82, 2.24) is 0 Å². The van der Waals surface area contributed by atoms with E-state index in [0.717, 1.165) is 17.7 Å². The van der Waals surface area contributed by atoms with Crippen LogP contribution in [-0.4, -0.2) is 20.4 Å². The molecule has 0 unspecified atom stereocenters. The zero-order valence-electron chi connectivity index (χ0n) is 16.0. The van der Waals surface area contributed by atoms with Gasteiger partial charge in [0.15, 0.2) is 0 Å². The number of fused-ring (bicyclic) bond motifs is 1. The van der Waals surface area contributed by atoms with Crippen molar-refractivity contribution in [2.24, 2.45) is 0 Å². The molecule has 30 heavy (non-hydrogen) atoms. The molecular formula is C22H18ClFN2O3S. The number of amides is 1. The van der Waals surface area contributed by atoms with E-state index < -0.39 is 15.8 Å². The number of rotatable bonds is 4. The van der Waals surface area contributed by atoms with Gasteiger partial charge in [0.25, 0.3) is 15.9 Å². The SMILES string of the molecule is C[C@@H]1Cc2cc(C(=O)Nc3ccc(Cl)cc3)ccc2N1S(=O)(=O)c1ccc(F)cc1. The molecule has 0 aliphatic carbocycles. The van der Waals surface area contributed by atoms with Crippen LogP contribution in [0.15, 0.2) is 71.6 Å². The number of nitrogens with zero attached hydrogens (tertiary/aromatic N) is 1. The maximum atomic E-state index is 13.2. The Balaban J connectivity index is 1.62. The molecule has 3 aromatic rings. The Morgan fingerprint density at radius 1 is 1.07 bits per heavy atom. The lowest BCUT2D eigenvalue weighted by molar-refractivity contribution is 0.102. The largest absolute Gasteiger partial charge is 0.322 e. The number of anilines is 2. The molecule has 1 amide bonds. The van der Waals surface area contributed by atoms with Gasteiger partial charge >= 0.3 is 0 Å². The Morgan fingerprint density at radius 3 is 2.40 bits per heavy atom. The summed E-state index contributed by atoms with van der Waals surface area (Å²) in [5, 5.41) is 3.37. The fourth-order valence-corrected chi connectivity index (χ4v) is 5.39. The van der Waals surface area contributed by atoms with Crippen LogP contribution in [0.25, 0.3) is 0 Å². The fourth-order valence-electron chi connectivity index (χ4n) is 3.57. The lowest BCUT2D eigenvalue weighted by Crippen LogP contribution is -2.35. The Labute approximate surface area is 179 Å². The summed E-state index contributed by atoms with van der Waals surface area (Å²) in [6, 6.07) is 16.1. The molecule has 1 aliphatic rings. The van der Waals surface area contributed by atoms with Crippen LogP contribution in [0.4, 0.5) is 15.8 Å². The van der Waals surface area contributed by atoms with Crippen molar-refractivity contribution in [2.75, 3.05) is 9.62 Å². The molecule has 0 radical (unpaired) electrons. The molecular weight excluding hydrogens is 427 g/mol. The highest BCUT2D eigenvalue weighted by Crippen LogP contribution is 2.37. The van der Waals surface area contributed by atoms with Gasteiger partial charge in [-0.3, -0.25) is 9.10 Å². The zero-order chi connectivity index (χ0) is 21.5. The first-order valence-electron chi connectivity index (χ1n) is 9.25. The molecule has 1 heterocycles. The van der Waals surface area contributed by atoms with Gasteiger partial charge in [-0.1, -0.05) is 11.6 Å². The summed E-state index contributed by atoms with van der Waals surface area (Å²) in [5.74, 6) is -0.798. The summed E-state index contributed by atoms with van der Waals surface area (Å²) < 4.78 is 40.8. The van der Waals surface area contributed by atoms with Gasteiger partial charge in [0.2, 0.25) is 0 Å². The number of sulfonamides is 1. The summed E-state index contributed by atoms with van der Waals surface area (Å²) in [4.78, 5) is 12.6. The quantitative estimate of drug-likeness (QED) is 0.624. The average Bonchev–Trinajstić information content (AvgIpc) is 3.05. The van der Waals surface area contributed by atoms with Gasteiger partial charge in [0, 0.05) is 22.3 Å². The van der Waals surface area contributed by atoms with Gasteiger partial charge in [-0.15, -0.1) is 0 Å². The van der Waals surface area contributed by atoms with E-state index >= 15 is 0 Å². The molecule has 0 aromatic heterocycles. The second kappa shape index (κ2) is 7.74. The van der Waals surface area contributed by atoms with Crippen LogP contribution >= 0.6 is 11.6 Å². The smallest absolute Gasteiger partial charge is 0.264 e. The highest BCUT2D eigenvalue weighted by atomic mass is 35.5. The second-order valence-corrected chi connectivity index (χ2v) is 9.36. The topological polar surface area (TPSA) is 66.5 Å². The van der Waals surface area contributed by atoms with E-state index in [-0.39, 0.29) is 16.8 Å². The lowest BCUT2D eigenvalue weighted by atomic mass is 10.1. The third-order valence-corrected chi connectivity index (χ3v) is 7.16. The van der Waals surface area contributed by atoms with E-state index in [9.17, 15) is 17.6 Å². The van der Waals surface area contributed by atoms with E-state index in [0.29, 0.717) is 28.4 Å². The molecule has 0 bridgehead atoms. The molecule has 1 atom stereocenters. The number of halogens is 2. The first kappa shape index (κ1) is 20.4. The van der Waals surface area contributed by atoms with Crippen LogP contribution in [0.2, 0.25) is 5.02 Å². The molecule has 0 saturated carbocycles. The summed E-state index contributed by atoms with van der Waals surface area (Å²) in [7, 11) is -3.85. The van der Waals surface area contributed by atoms with E-state index in [1.807, 2.05) is 0 Å². The van der Waals surface area contributed by atoms with Crippen molar-refractivity contribution >= 4 is 38.9 Å². The standard InChI is InChI=1S/C22H18ClFN2O3S/c1-14-12-16-13-15(22(27)25-19-7-3-17(23)4-8-19)2-11-21(16)26(14)30(28,29)20-9-5-18(24)6-10-20/h2-11,13-14H,12H2,1H3,(H,25,27)/t14-/m1/s1. The number of benzene rings is 3. The molecule has 8 heteroatoms. The molecule has 154 valence electrons. The zero-order valence-corrected chi connectivity index (χ0v) is 17.5. The number of nitrogens with one attached hydrogen (secondary N) is 1. The van der Waals surface area contributed by atoms with Crippen LogP contribution in [0.3, 0.4) is 0 Å². The summed E-state index contributed by atoms with van der Waals surface area (Å²) in [5.41, 5.74) is 2.32. The second-order valence-electron chi connectivity index (χ2n) is 7.11. The fraction of sp³-hybridized carbons (Fsp3) is 0.136. The number of hydrogen-bond acceptors (Lipinski definition) is 3. The van der Waals surface area contributed by atoms with Crippen LogP contribution in [0, 0.1) is 5.82 Å². The van der Waals surface area contributed by atoms with Crippen molar-refractivity contribution in [3.05, 3.63) is 88.7 Å². The average molecular weight is 445 g/mol. The molecule has 5 nitrogen and oxygen atoms in total. The summed E-state index contributed by atoms with van der Waals surface area (Å²) in [6.45, 7) is 1.80. The van der Waals surface area contributed by atoms with Crippen molar-refractivity contribution in [3.63, 3.8) is 0 Å². The Bertz CT molecular complexity index is 1210. The highest BCUT2D eigenvalue weighted by Gasteiger charge is 2.36. The Kier molecular flexibility index (Phi) is 5.26. The number of carbonyl (C=O) groups is 1. The minimum atomic E-state index is -3.85. The lowest BCUT2D eigenvalue weighted by Gasteiger charge is -2.24. The third kappa shape index (κ3) is 3.78. The van der Waals surface area contributed by atoms with Gasteiger partial charge < -0.3 is 5.32 Å². The third-order valence-electron chi connectivity index (χ3n) is 4.97. The molecule has 3 aromatic carbocycles. The maximum absolute atomic E-state index is 13.2. The minimum Gasteiger partial charge on any atom is -0.322 e. The van der Waals surface area contributed by atoms with Crippen molar-refractivity contribution in [2.45, 2.75) is 24.3 Å². The van der Waals surface area contributed by atoms with Crippen molar-refractivity contribution in [3.8, 4) is 0 Å². The maximum Gasteiger partial charge on any atom is 0.264 e. The van der Waals surface area contributed by atoms with E-state index in [2.05, 4.69) is 5.32 Å². The predicted molar refractivity (Wildman–Crippen MR) is 115 cm³/mol. The number of hydrogen-bond donors (Lipinski definition) is 1. The monoisotopic (exact) mass is 444 g/mol. The minimum absolute atomic E-state index is 0.0214. The first-order valence-corrected chi connectivity index (χ1v) is 11.1. The van der Waals surface area contributed by atoms with Gasteiger partial charge in [-0.25, -0.2) is 12.8 Å². The van der Waals surface area contributed by atoms with Gasteiger partial charge in [0.1, 0.15) is 5.82 Å². The molecule has 4 rings (SSSR count).